The van der Waals surface area contributed by atoms with Gasteiger partial charge in [-0.3, -0.25) is 4.79 Å². The number of carbonyl (C=O) groups is 3. The number of allylic oxidation sites excluding steroid dienone is 1. The molecule has 2 N–H and O–H groups in total. The molecular weight excluding hydrogens is 512 g/mol. The van der Waals surface area contributed by atoms with Gasteiger partial charge in [0.05, 0.1) is 17.1 Å². The van der Waals surface area contributed by atoms with Crippen LogP contribution in [0.3, 0.4) is 0 Å². The van der Waals surface area contributed by atoms with Crippen LogP contribution < -0.4 is 0 Å². The van der Waals surface area contributed by atoms with Gasteiger partial charge >= 0.3 is 17.9 Å². The molecule has 40 heavy (non-hydrogen) atoms. The molecule has 5 aliphatic rings. The molecule has 2 aliphatic heterocycles. The Balaban J connectivity index is 1.53. The number of esters is 3. The second-order valence-electron chi connectivity index (χ2n) is 13.5. The van der Waals surface area contributed by atoms with Gasteiger partial charge in [0.2, 0.25) is 0 Å². The standard InChI is InChI=1S/C32H42O8/c1-17-8-10-23(39-28(17)35)19(3)32(37)13-12-30(7)22(18(32)2)16-31(36)15-21-9-11-26(34)40-29(5,6)27(21)24(14-25(30)31)38-20(4)33/h8-9,11,15,19,22-25,27,36-37H,2,10,12-14,16H2,1,3-7H3/t19-,22-,23+,24+,25-,27-,30+,31+,32-/m0/s1. The van der Waals surface area contributed by atoms with Crippen molar-refractivity contribution < 1.29 is 38.8 Å². The summed E-state index contributed by atoms with van der Waals surface area (Å²) < 4.78 is 17.3. The summed E-state index contributed by atoms with van der Waals surface area (Å²) in [5.41, 5.74) is -2.07. The smallest absolute Gasteiger partial charge is 0.333 e. The summed E-state index contributed by atoms with van der Waals surface area (Å²) in [6, 6.07) is 0. The number of hydrogen-bond acceptors (Lipinski definition) is 8. The van der Waals surface area contributed by atoms with Crippen LogP contribution in [0.2, 0.25) is 0 Å². The average Bonchev–Trinajstić information content (AvgIpc) is 2.93. The number of fused-ring (bicyclic) bond motifs is 4. The summed E-state index contributed by atoms with van der Waals surface area (Å²) in [6.45, 7) is 15.2. The maximum atomic E-state index is 12.4. The van der Waals surface area contributed by atoms with Crippen molar-refractivity contribution in [2.24, 2.45) is 29.1 Å². The molecule has 218 valence electrons. The van der Waals surface area contributed by atoms with Crippen molar-refractivity contribution in [1.82, 2.24) is 0 Å². The first-order valence-electron chi connectivity index (χ1n) is 14.3. The normalized spacial score (nSPS) is 43.0. The van der Waals surface area contributed by atoms with Crippen molar-refractivity contribution in [3.63, 3.8) is 0 Å². The first-order valence-corrected chi connectivity index (χ1v) is 14.3. The Bertz CT molecular complexity index is 1240. The van der Waals surface area contributed by atoms with Crippen LogP contribution in [0.4, 0.5) is 0 Å². The molecule has 9 atom stereocenters. The molecule has 0 unspecified atom stereocenters. The Hall–Kier alpha value is -2.71. The molecule has 0 saturated heterocycles. The Morgan fingerprint density at radius 3 is 2.52 bits per heavy atom. The van der Waals surface area contributed by atoms with E-state index < -0.39 is 52.3 Å². The van der Waals surface area contributed by atoms with Crippen molar-refractivity contribution in [3.05, 3.63) is 47.6 Å². The van der Waals surface area contributed by atoms with Crippen molar-refractivity contribution in [3.8, 4) is 0 Å². The Labute approximate surface area is 236 Å². The van der Waals surface area contributed by atoms with Crippen molar-refractivity contribution in [2.75, 3.05) is 0 Å². The molecule has 0 aromatic rings. The van der Waals surface area contributed by atoms with E-state index >= 15 is 0 Å². The maximum absolute atomic E-state index is 12.4. The predicted octanol–water partition coefficient (Wildman–Crippen LogP) is 4.11. The summed E-state index contributed by atoms with van der Waals surface area (Å²) in [4.78, 5) is 36.9. The van der Waals surface area contributed by atoms with E-state index in [0.29, 0.717) is 48.8 Å². The fraction of sp³-hybridized carbons (Fsp3) is 0.656. The molecule has 0 aromatic carbocycles. The molecule has 5 rings (SSSR count). The molecule has 8 heteroatoms. The van der Waals surface area contributed by atoms with Gasteiger partial charge in [0, 0.05) is 36.8 Å². The Kier molecular flexibility index (Phi) is 6.78. The lowest BCUT2D eigenvalue weighted by Gasteiger charge is -2.52. The highest BCUT2D eigenvalue weighted by atomic mass is 16.6. The van der Waals surface area contributed by atoms with Crippen LogP contribution in [0.25, 0.3) is 0 Å². The van der Waals surface area contributed by atoms with Crippen molar-refractivity contribution >= 4 is 17.9 Å². The highest BCUT2D eigenvalue weighted by molar-refractivity contribution is 5.88. The van der Waals surface area contributed by atoms with E-state index in [1.165, 1.54) is 13.0 Å². The Morgan fingerprint density at radius 2 is 1.88 bits per heavy atom. The third-order valence-electron chi connectivity index (χ3n) is 10.8. The third-order valence-corrected chi connectivity index (χ3v) is 10.8. The van der Waals surface area contributed by atoms with Crippen LogP contribution in [-0.4, -0.2) is 57.1 Å². The number of hydrogen-bond donors (Lipinski definition) is 2. The molecule has 0 spiro atoms. The Morgan fingerprint density at radius 1 is 1.18 bits per heavy atom. The zero-order valence-corrected chi connectivity index (χ0v) is 24.4. The highest BCUT2D eigenvalue weighted by Gasteiger charge is 2.66. The number of rotatable bonds is 3. The van der Waals surface area contributed by atoms with Crippen molar-refractivity contribution in [2.45, 2.75) is 103 Å². The van der Waals surface area contributed by atoms with Crippen LogP contribution in [0.5, 0.6) is 0 Å². The minimum Gasteiger partial charge on any atom is -0.462 e. The van der Waals surface area contributed by atoms with E-state index in [1.54, 1.807) is 26.8 Å². The van der Waals surface area contributed by atoms with Gasteiger partial charge < -0.3 is 24.4 Å². The molecule has 0 radical (unpaired) electrons. The van der Waals surface area contributed by atoms with Crippen LogP contribution in [0, 0.1) is 29.1 Å². The van der Waals surface area contributed by atoms with Gasteiger partial charge in [0.25, 0.3) is 0 Å². The lowest BCUT2D eigenvalue weighted by atomic mass is 9.55. The van der Waals surface area contributed by atoms with Gasteiger partial charge in [0.1, 0.15) is 17.8 Å². The van der Waals surface area contributed by atoms with E-state index in [9.17, 15) is 24.6 Å². The number of aliphatic hydroxyl groups is 2. The first-order chi connectivity index (χ1) is 18.5. The zero-order chi connectivity index (χ0) is 29.4. The second-order valence-corrected chi connectivity index (χ2v) is 13.5. The average molecular weight is 555 g/mol. The summed E-state index contributed by atoms with van der Waals surface area (Å²) in [7, 11) is 0. The van der Waals surface area contributed by atoms with Crippen LogP contribution in [0.1, 0.15) is 73.6 Å². The zero-order valence-electron chi connectivity index (χ0n) is 24.4. The van der Waals surface area contributed by atoms with E-state index in [1.807, 2.05) is 19.1 Å². The topological polar surface area (TPSA) is 119 Å². The van der Waals surface area contributed by atoms with Gasteiger partial charge in [-0.1, -0.05) is 32.6 Å². The van der Waals surface area contributed by atoms with Crippen LogP contribution in [-0.2, 0) is 28.6 Å². The van der Waals surface area contributed by atoms with Gasteiger partial charge in [-0.05, 0) is 75.0 Å². The lowest BCUT2D eigenvalue weighted by molar-refractivity contribution is -0.166. The van der Waals surface area contributed by atoms with E-state index in [-0.39, 0.29) is 23.7 Å². The molecule has 3 aliphatic carbocycles. The summed E-state index contributed by atoms with van der Waals surface area (Å²) in [6.07, 6.45) is 7.86. The van der Waals surface area contributed by atoms with Gasteiger partial charge in [-0.25, -0.2) is 9.59 Å². The molecule has 0 bridgehead atoms. The van der Waals surface area contributed by atoms with Crippen LogP contribution in [0.15, 0.2) is 47.6 Å². The molecular formula is C32H42O8. The first kappa shape index (κ1) is 28.8. The molecule has 2 saturated carbocycles. The highest BCUT2D eigenvalue weighted by Crippen LogP contribution is 2.66. The van der Waals surface area contributed by atoms with Crippen LogP contribution >= 0.6 is 0 Å². The van der Waals surface area contributed by atoms with Gasteiger partial charge in [0.15, 0.2) is 0 Å². The third kappa shape index (κ3) is 4.38. The lowest BCUT2D eigenvalue weighted by Crippen LogP contribution is -2.54. The van der Waals surface area contributed by atoms with Crippen molar-refractivity contribution in [1.29, 1.82) is 0 Å². The number of carbonyl (C=O) groups excluding carboxylic acids is 3. The quantitative estimate of drug-likeness (QED) is 0.304. The molecule has 2 fully saturated rings. The summed E-state index contributed by atoms with van der Waals surface area (Å²) >= 11 is 0. The molecule has 0 amide bonds. The SMILES string of the molecule is C=C1[C@@H]2C[C@]3(O)C=C4C=CC(=O)OC(C)(C)[C@@H]4[C@H](OC(C)=O)C[C@H]3[C@]2(C)CC[C@@]1(O)[C@@H](C)[C@H]1CC=C(C)C(=O)O1. The molecule has 0 aromatic heterocycles. The molecule has 8 nitrogen and oxygen atoms in total. The number of cyclic esters (lactones) is 2. The van der Waals surface area contributed by atoms with E-state index in [4.69, 9.17) is 14.2 Å². The largest absolute Gasteiger partial charge is 0.462 e. The maximum Gasteiger partial charge on any atom is 0.333 e. The predicted molar refractivity (Wildman–Crippen MR) is 146 cm³/mol. The summed E-state index contributed by atoms with van der Waals surface area (Å²) in [5, 5.41) is 24.5. The van der Waals surface area contributed by atoms with E-state index in [2.05, 4.69) is 13.5 Å². The fourth-order valence-corrected chi connectivity index (χ4v) is 8.54. The second kappa shape index (κ2) is 9.41. The number of ether oxygens (including phenoxy) is 3. The monoisotopic (exact) mass is 554 g/mol. The van der Waals surface area contributed by atoms with Gasteiger partial charge in [-0.15, -0.1) is 0 Å². The van der Waals surface area contributed by atoms with Gasteiger partial charge in [-0.2, -0.15) is 0 Å². The minimum atomic E-state index is -1.29. The fourth-order valence-electron chi connectivity index (χ4n) is 8.54. The van der Waals surface area contributed by atoms with E-state index in [0.717, 1.165) is 0 Å². The summed E-state index contributed by atoms with van der Waals surface area (Å²) in [5.74, 6) is -2.67. The molecule has 2 heterocycles. The minimum absolute atomic E-state index is 0.229.